The highest BCUT2D eigenvalue weighted by atomic mass is 16.3. The van der Waals surface area contributed by atoms with Crippen LogP contribution < -0.4 is 16.1 Å². The summed E-state index contributed by atoms with van der Waals surface area (Å²) in [5.41, 5.74) is 4.45. The number of carbonyl (C=O) groups excluding carboxylic acids is 1. The number of carbonyl (C=O) groups is 1. The number of nitrogens with two attached hydrogens (primary N) is 1. The van der Waals surface area contributed by atoms with Crippen molar-refractivity contribution in [2.75, 3.05) is 23.8 Å². The van der Waals surface area contributed by atoms with Gasteiger partial charge in [-0.1, -0.05) is 18.2 Å². The van der Waals surface area contributed by atoms with E-state index in [-0.39, 0.29) is 11.9 Å². The van der Waals surface area contributed by atoms with Crippen LogP contribution in [0.15, 0.2) is 66.9 Å². The van der Waals surface area contributed by atoms with Crippen LogP contribution in [0.25, 0.3) is 22.2 Å². The minimum absolute atomic E-state index is 0.0906. The lowest BCUT2D eigenvalue weighted by molar-refractivity contribution is 0.00651. The highest BCUT2D eigenvalue weighted by Crippen LogP contribution is 2.40. The van der Waals surface area contributed by atoms with Crippen molar-refractivity contribution < 1.29 is 9.90 Å². The van der Waals surface area contributed by atoms with Crippen molar-refractivity contribution >= 4 is 22.5 Å². The maximum Gasteiger partial charge on any atom is 0.251 e. The molecule has 39 heavy (non-hydrogen) atoms. The summed E-state index contributed by atoms with van der Waals surface area (Å²) in [4.78, 5) is 21.6. The van der Waals surface area contributed by atoms with Crippen LogP contribution in [0.5, 0.6) is 0 Å². The lowest BCUT2D eigenvalue weighted by atomic mass is 9.83. The van der Waals surface area contributed by atoms with Crippen molar-refractivity contribution in [3.05, 3.63) is 78.1 Å². The summed E-state index contributed by atoms with van der Waals surface area (Å²) in [6.07, 6.45) is 5.91. The highest BCUT2D eigenvalue weighted by Gasteiger charge is 2.34. The molecule has 3 heterocycles. The fraction of sp³-hybridized carbons (Fsp3) is 0.387. The quantitative estimate of drug-likeness (QED) is 0.303. The third kappa shape index (κ3) is 5.21. The number of nitrogens with one attached hydrogen (secondary N) is 1. The van der Waals surface area contributed by atoms with Gasteiger partial charge in [-0.05, 0) is 93.8 Å². The molecular weight excluding hydrogens is 488 g/mol. The predicted octanol–water partition coefficient (Wildman–Crippen LogP) is 4.68. The van der Waals surface area contributed by atoms with E-state index < -0.39 is 5.60 Å². The fourth-order valence-electron chi connectivity index (χ4n) is 5.82. The number of hydrogen-bond acceptors (Lipinski definition) is 6. The molecule has 0 spiro atoms. The second-order valence-electron chi connectivity index (χ2n) is 11.5. The fourth-order valence-corrected chi connectivity index (χ4v) is 5.82. The Labute approximate surface area is 228 Å². The molecule has 202 valence electrons. The molecule has 2 aromatic heterocycles. The van der Waals surface area contributed by atoms with Gasteiger partial charge in [0.2, 0.25) is 0 Å². The molecule has 1 atom stereocenters. The summed E-state index contributed by atoms with van der Waals surface area (Å²) in [5.74, 6) is 6.83. The molecule has 2 fully saturated rings. The van der Waals surface area contributed by atoms with Gasteiger partial charge in [-0.15, -0.1) is 0 Å². The summed E-state index contributed by atoms with van der Waals surface area (Å²) < 4.78 is 0. The van der Waals surface area contributed by atoms with Crippen molar-refractivity contribution in [2.24, 2.45) is 11.8 Å². The van der Waals surface area contributed by atoms with Crippen LogP contribution in [-0.2, 0) is 0 Å². The number of piperidine rings is 1. The lowest BCUT2D eigenvalue weighted by Gasteiger charge is -2.38. The van der Waals surface area contributed by atoms with Gasteiger partial charge >= 0.3 is 0 Å². The number of rotatable bonds is 7. The Kier molecular flexibility index (Phi) is 6.51. The van der Waals surface area contributed by atoms with E-state index in [0.717, 1.165) is 72.3 Å². The molecule has 0 bridgehead atoms. The summed E-state index contributed by atoms with van der Waals surface area (Å²) in [7, 11) is 0. The molecule has 4 N–H and O–H groups in total. The van der Waals surface area contributed by atoms with E-state index in [2.05, 4.69) is 44.6 Å². The first kappa shape index (κ1) is 25.4. The van der Waals surface area contributed by atoms with Gasteiger partial charge in [0.15, 0.2) is 0 Å². The number of anilines is 1. The predicted molar refractivity (Wildman–Crippen MR) is 154 cm³/mol. The number of pyridine rings is 1. The lowest BCUT2D eigenvalue weighted by Crippen LogP contribution is -2.41. The number of nitrogens with zero attached hydrogens (tertiary/aromatic N) is 4. The van der Waals surface area contributed by atoms with Crippen LogP contribution in [0.2, 0.25) is 0 Å². The molecule has 1 saturated heterocycles. The van der Waals surface area contributed by atoms with E-state index in [1.165, 1.54) is 4.79 Å². The molecule has 0 radical (unpaired) electrons. The van der Waals surface area contributed by atoms with Crippen molar-refractivity contribution in [2.45, 2.75) is 51.2 Å². The van der Waals surface area contributed by atoms with Gasteiger partial charge in [-0.25, -0.2) is 0 Å². The number of hydrogen-bond donors (Lipinski definition) is 3. The van der Waals surface area contributed by atoms with Crippen LogP contribution >= 0.6 is 0 Å². The Hall–Kier alpha value is -3.91. The molecule has 4 aromatic rings. The zero-order chi connectivity index (χ0) is 27.1. The molecule has 1 saturated carbocycles. The van der Waals surface area contributed by atoms with Gasteiger partial charge in [-0.2, -0.15) is 9.89 Å². The Bertz CT molecular complexity index is 1460. The highest BCUT2D eigenvalue weighted by molar-refractivity contribution is 6.02. The SMILES string of the molecule is CC(C)(O)C1CCN(c2ccc(-c3nn(N)c4ccc(C(=O)NC(c5ccccn5)C5CC5)cc34)cc2)CC1. The molecular formula is C31H36N6O2. The summed E-state index contributed by atoms with van der Waals surface area (Å²) in [6.45, 7) is 5.66. The normalized spacial score (nSPS) is 17.4. The van der Waals surface area contributed by atoms with Gasteiger partial charge in [0.1, 0.15) is 5.69 Å². The monoisotopic (exact) mass is 524 g/mol. The second-order valence-corrected chi connectivity index (χ2v) is 11.5. The first-order chi connectivity index (χ1) is 18.8. The molecule has 6 rings (SSSR count). The van der Waals surface area contributed by atoms with E-state index in [1.54, 1.807) is 12.3 Å². The van der Waals surface area contributed by atoms with Gasteiger partial charge in [-0.3, -0.25) is 9.78 Å². The number of amides is 1. The molecule has 8 heteroatoms. The Morgan fingerprint density at radius 1 is 1.05 bits per heavy atom. The Morgan fingerprint density at radius 3 is 2.44 bits per heavy atom. The first-order valence-electron chi connectivity index (χ1n) is 13.9. The smallest absolute Gasteiger partial charge is 0.251 e. The molecule has 1 aliphatic carbocycles. The molecule has 8 nitrogen and oxygen atoms in total. The zero-order valence-electron chi connectivity index (χ0n) is 22.5. The molecule has 1 aliphatic heterocycles. The van der Waals surface area contributed by atoms with Gasteiger partial charge in [0.25, 0.3) is 5.91 Å². The largest absolute Gasteiger partial charge is 0.390 e. The van der Waals surface area contributed by atoms with E-state index in [0.29, 0.717) is 17.4 Å². The standard InChI is InChI=1S/C31H36N6O2/c1-31(2,39)23-14-17-36(18-15-23)24-11-8-20(9-12-24)28-25-19-22(10-13-27(25)37(32)35-28)30(38)34-29(21-6-7-21)26-5-3-4-16-33-26/h3-5,8-13,16,19,21,23,29,39H,6-7,14-15,17-18,32H2,1-2H3,(H,34,38). The van der Waals surface area contributed by atoms with E-state index >= 15 is 0 Å². The number of nitrogen functional groups attached to an aromatic ring is 1. The first-order valence-corrected chi connectivity index (χ1v) is 13.9. The van der Waals surface area contributed by atoms with Gasteiger partial charge in [0.05, 0.1) is 22.9 Å². The second kappa shape index (κ2) is 10.0. The maximum absolute atomic E-state index is 13.3. The number of aliphatic hydroxyl groups is 1. The third-order valence-electron chi connectivity index (χ3n) is 8.35. The van der Waals surface area contributed by atoms with Crippen molar-refractivity contribution in [1.29, 1.82) is 0 Å². The number of aromatic nitrogens is 3. The van der Waals surface area contributed by atoms with Gasteiger partial charge < -0.3 is 21.2 Å². The van der Waals surface area contributed by atoms with Gasteiger partial charge in [0, 0.05) is 41.5 Å². The van der Waals surface area contributed by atoms with Crippen LogP contribution in [0.3, 0.4) is 0 Å². The minimum atomic E-state index is -0.634. The average molecular weight is 525 g/mol. The Morgan fingerprint density at radius 2 is 1.79 bits per heavy atom. The molecule has 1 unspecified atom stereocenters. The van der Waals surface area contributed by atoms with Crippen LogP contribution in [-0.4, -0.2) is 44.6 Å². The van der Waals surface area contributed by atoms with Crippen LogP contribution in [0.4, 0.5) is 5.69 Å². The van der Waals surface area contributed by atoms with E-state index in [4.69, 9.17) is 5.84 Å². The van der Waals surface area contributed by atoms with Crippen molar-refractivity contribution in [3.8, 4) is 11.3 Å². The topological polar surface area (TPSA) is 109 Å². The van der Waals surface area contributed by atoms with Crippen molar-refractivity contribution in [3.63, 3.8) is 0 Å². The van der Waals surface area contributed by atoms with Crippen molar-refractivity contribution in [1.82, 2.24) is 20.2 Å². The summed E-state index contributed by atoms with van der Waals surface area (Å²) >= 11 is 0. The van der Waals surface area contributed by atoms with E-state index in [9.17, 15) is 9.90 Å². The van der Waals surface area contributed by atoms with Crippen LogP contribution in [0, 0.1) is 11.8 Å². The molecule has 1 amide bonds. The third-order valence-corrected chi connectivity index (χ3v) is 8.35. The zero-order valence-corrected chi connectivity index (χ0v) is 22.5. The minimum Gasteiger partial charge on any atom is -0.390 e. The van der Waals surface area contributed by atoms with E-state index in [1.807, 2.05) is 44.2 Å². The summed E-state index contributed by atoms with van der Waals surface area (Å²) in [5, 5.41) is 19.0. The maximum atomic E-state index is 13.3. The Balaban J connectivity index is 1.22. The number of fused-ring (bicyclic) bond motifs is 1. The average Bonchev–Trinajstić information content (AvgIpc) is 3.74. The number of benzene rings is 2. The molecule has 2 aromatic carbocycles. The molecule has 2 aliphatic rings. The van der Waals surface area contributed by atoms with Crippen LogP contribution in [0.1, 0.15) is 61.6 Å². The summed E-state index contributed by atoms with van der Waals surface area (Å²) in [6, 6.07) is 19.6.